The monoisotopic (exact) mass is 268 g/mol. The number of hydrogen-bond donors (Lipinski definition) is 0. The van der Waals surface area contributed by atoms with Crippen molar-refractivity contribution in [2.75, 3.05) is 6.61 Å². The van der Waals surface area contributed by atoms with Crippen molar-refractivity contribution in [3.63, 3.8) is 0 Å². The molecule has 0 radical (unpaired) electrons. The van der Waals surface area contributed by atoms with Crippen LogP contribution in [0.25, 0.3) is 0 Å². The van der Waals surface area contributed by atoms with Crippen LogP contribution < -0.4 is 0 Å². The SMILES string of the molecule is CCOC(=O)CCCCC(=O)c1cccc(Cl)c1. The fourth-order valence-corrected chi connectivity index (χ4v) is 1.78. The van der Waals surface area contributed by atoms with Crippen molar-refractivity contribution in [1.29, 1.82) is 0 Å². The molecule has 0 heterocycles. The van der Waals surface area contributed by atoms with E-state index in [9.17, 15) is 9.59 Å². The van der Waals surface area contributed by atoms with Crippen LogP contribution in [-0.2, 0) is 9.53 Å². The van der Waals surface area contributed by atoms with E-state index in [0.29, 0.717) is 42.9 Å². The third kappa shape index (κ3) is 5.32. The highest BCUT2D eigenvalue weighted by molar-refractivity contribution is 6.31. The molecule has 0 fully saturated rings. The highest BCUT2D eigenvalue weighted by Gasteiger charge is 2.07. The molecule has 1 aromatic rings. The van der Waals surface area contributed by atoms with Crippen LogP contribution in [-0.4, -0.2) is 18.4 Å². The first-order valence-corrected chi connectivity index (χ1v) is 6.45. The molecule has 3 nitrogen and oxygen atoms in total. The van der Waals surface area contributed by atoms with Gasteiger partial charge in [-0.05, 0) is 31.9 Å². The normalized spacial score (nSPS) is 10.1. The molecule has 0 aliphatic heterocycles. The molecule has 0 saturated heterocycles. The summed E-state index contributed by atoms with van der Waals surface area (Å²) in [5.74, 6) is -0.144. The lowest BCUT2D eigenvalue weighted by molar-refractivity contribution is -0.143. The number of carbonyl (C=O) groups is 2. The lowest BCUT2D eigenvalue weighted by atomic mass is 10.0. The number of halogens is 1. The quantitative estimate of drug-likeness (QED) is 0.431. The summed E-state index contributed by atoms with van der Waals surface area (Å²) < 4.78 is 4.81. The molecule has 0 unspecified atom stereocenters. The zero-order chi connectivity index (χ0) is 13.4. The molecule has 98 valence electrons. The van der Waals surface area contributed by atoms with Crippen molar-refractivity contribution in [1.82, 2.24) is 0 Å². The van der Waals surface area contributed by atoms with Crippen LogP contribution in [0.2, 0.25) is 5.02 Å². The molecule has 0 N–H and O–H groups in total. The average Bonchev–Trinajstić information content (AvgIpc) is 2.35. The molecular formula is C14H17ClO3. The standard InChI is InChI=1S/C14H17ClO3/c1-2-18-14(17)9-4-3-8-13(16)11-6-5-7-12(15)10-11/h5-7,10H,2-4,8-9H2,1H3. The van der Waals surface area contributed by atoms with Crippen LogP contribution in [0.1, 0.15) is 43.0 Å². The molecular weight excluding hydrogens is 252 g/mol. The summed E-state index contributed by atoms with van der Waals surface area (Å²) in [6.07, 6.45) is 2.16. The van der Waals surface area contributed by atoms with E-state index in [0.717, 1.165) is 0 Å². The number of benzene rings is 1. The van der Waals surface area contributed by atoms with E-state index in [1.807, 2.05) is 0 Å². The number of Topliss-reactive ketones (excluding diaryl/α,β-unsaturated/α-hetero) is 1. The van der Waals surface area contributed by atoms with Crippen molar-refractivity contribution >= 4 is 23.4 Å². The average molecular weight is 269 g/mol. The smallest absolute Gasteiger partial charge is 0.305 e. The molecule has 0 spiro atoms. The third-order valence-corrected chi connectivity index (χ3v) is 2.72. The Morgan fingerprint density at radius 2 is 1.94 bits per heavy atom. The van der Waals surface area contributed by atoms with Gasteiger partial charge in [0, 0.05) is 23.4 Å². The van der Waals surface area contributed by atoms with E-state index >= 15 is 0 Å². The molecule has 1 rings (SSSR count). The van der Waals surface area contributed by atoms with Crippen LogP contribution in [0, 0.1) is 0 Å². The number of carbonyl (C=O) groups excluding carboxylic acids is 2. The van der Waals surface area contributed by atoms with E-state index in [-0.39, 0.29) is 11.8 Å². The zero-order valence-electron chi connectivity index (χ0n) is 10.4. The molecule has 1 aromatic carbocycles. The molecule has 18 heavy (non-hydrogen) atoms. The summed E-state index contributed by atoms with van der Waals surface area (Å²) in [5, 5.41) is 0.562. The van der Waals surface area contributed by atoms with Gasteiger partial charge >= 0.3 is 5.97 Å². The van der Waals surface area contributed by atoms with Crippen molar-refractivity contribution in [2.45, 2.75) is 32.6 Å². The molecule has 0 saturated carbocycles. The fraction of sp³-hybridized carbons (Fsp3) is 0.429. The van der Waals surface area contributed by atoms with Crippen LogP contribution in [0.15, 0.2) is 24.3 Å². The van der Waals surface area contributed by atoms with Gasteiger partial charge in [-0.25, -0.2) is 0 Å². The maximum atomic E-state index is 11.8. The Hall–Kier alpha value is -1.35. The van der Waals surface area contributed by atoms with Gasteiger partial charge in [0.2, 0.25) is 0 Å². The van der Waals surface area contributed by atoms with Gasteiger partial charge in [0.15, 0.2) is 5.78 Å². The fourth-order valence-electron chi connectivity index (χ4n) is 1.59. The highest BCUT2D eigenvalue weighted by atomic mass is 35.5. The maximum absolute atomic E-state index is 11.8. The third-order valence-electron chi connectivity index (χ3n) is 2.49. The minimum Gasteiger partial charge on any atom is -0.466 e. The molecule has 0 atom stereocenters. The number of hydrogen-bond acceptors (Lipinski definition) is 3. The second-order valence-corrected chi connectivity index (χ2v) is 4.38. The van der Waals surface area contributed by atoms with Crippen LogP contribution >= 0.6 is 11.6 Å². The maximum Gasteiger partial charge on any atom is 0.305 e. The van der Waals surface area contributed by atoms with Crippen molar-refractivity contribution in [3.05, 3.63) is 34.9 Å². The van der Waals surface area contributed by atoms with Gasteiger partial charge in [-0.2, -0.15) is 0 Å². The summed E-state index contributed by atoms with van der Waals surface area (Å²) in [6.45, 7) is 2.18. The minimum absolute atomic E-state index is 0.0568. The van der Waals surface area contributed by atoms with Crippen molar-refractivity contribution < 1.29 is 14.3 Å². The van der Waals surface area contributed by atoms with Crippen LogP contribution in [0.5, 0.6) is 0 Å². The lowest BCUT2D eigenvalue weighted by Crippen LogP contribution is -2.04. The van der Waals surface area contributed by atoms with E-state index in [1.165, 1.54) is 0 Å². The van der Waals surface area contributed by atoms with E-state index < -0.39 is 0 Å². The minimum atomic E-state index is -0.201. The number of esters is 1. The summed E-state index contributed by atoms with van der Waals surface area (Å²) in [5.41, 5.74) is 0.624. The second kappa shape index (κ2) is 7.88. The van der Waals surface area contributed by atoms with Gasteiger partial charge in [-0.15, -0.1) is 0 Å². The van der Waals surface area contributed by atoms with Crippen LogP contribution in [0.3, 0.4) is 0 Å². The number of unbranched alkanes of at least 4 members (excludes halogenated alkanes) is 1. The van der Waals surface area contributed by atoms with Gasteiger partial charge in [0.1, 0.15) is 0 Å². The van der Waals surface area contributed by atoms with E-state index in [2.05, 4.69) is 0 Å². The first-order chi connectivity index (χ1) is 8.63. The lowest BCUT2D eigenvalue weighted by Gasteiger charge is -2.02. The predicted octanol–water partition coefficient (Wildman–Crippen LogP) is 3.65. The zero-order valence-corrected chi connectivity index (χ0v) is 11.2. The van der Waals surface area contributed by atoms with Gasteiger partial charge < -0.3 is 4.74 Å². The Kier molecular flexibility index (Phi) is 6.44. The van der Waals surface area contributed by atoms with Gasteiger partial charge in [0.25, 0.3) is 0 Å². The summed E-state index contributed by atoms with van der Waals surface area (Å²) in [7, 11) is 0. The van der Waals surface area contributed by atoms with Gasteiger partial charge in [-0.3, -0.25) is 9.59 Å². The number of ketones is 1. The topological polar surface area (TPSA) is 43.4 Å². The summed E-state index contributed by atoms with van der Waals surface area (Å²) in [4.78, 5) is 22.9. The van der Waals surface area contributed by atoms with E-state index in [1.54, 1.807) is 31.2 Å². The molecule has 0 aliphatic carbocycles. The predicted molar refractivity (Wildman–Crippen MR) is 70.9 cm³/mol. The Bertz CT molecular complexity index is 415. The Morgan fingerprint density at radius 3 is 2.61 bits per heavy atom. The van der Waals surface area contributed by atoms with Crippen molar-refractivity contribution in [3.8, 4) is 0 Å². The summed E-state index contributed by atoms with van der Waals surface area (Å²) in [6, 6.07) is 6.90. The molecule has 0 aliphatic rings. The Labute approximate surface area is 112 Å². The summed E-state index contributed by atoms with van der Waals surface area (Å²) >= 11 is 5.81. The highest BCUT2D eigenvalue weighted by Crippen LogP contribution is 2.14. The Morgan fingerprint density at radius 1 is 1.22 bits per heavy atom. The number of rotatable bonds is 7. The van der Waals surface area contributed by atoms with Gasteiger partial charge in [0.05, 0.1) is 6.61 Å². The Balaban J connectivity index is 2.27. The molecule has 0 aromatic heterocycles. The molecule has 0 amide bonds. The first-order valence-electron chi connectivity index (χ1n) is 6.08. The number of ether oxygens (including phenoxy) is 1. The largest absolute Gasteiger partial charge is 0.466 e. The second-order valence-electron chi connectivity index (χ2n) is 3.95. The van der Waals surface area contributed by atoms with E-state index in [4.69, 9.17) is 16.3 Å². The first kappa shape index (κ1) is 14.7. The van der Waals surface area contributed by atoms with Crippen molar-refractivity contribution in [2.24, 2.45) is 0 Å². The van der Waals surface area contributed by atoms with Crippen LogP contribution in [0.4, 0.5) is 0 Å². The molecule has 0 bridgehead atoms. The molecule has 4 heteroatoms. The van der Waals surface area contributed by atoms with Gasteiger partial charge in [-0.1, -0.05) is 23.7 Å².